The van der Waals surface area contributed by atoms with Gasteiger partial charge in [0.2, 0.25) is 0 Å². The molecule has 1 fully saturated rings. The topological polar surface area (TPSA) is 114 Å². The van der Waals surface area contributed by atoms with Crippen LogP contribution in [-0.2, 0) is 16.8 Å². The van der Waals surface area contributed by atoms with Gasteiger partial charge in [-0.3, -0.25) is 9.59 Å². The van der Waals surface area contributed by atoms with E-state index in [0.717, 1.165) is 4.68 Å². The Labute approximate surface area is 207 Å². The number of hydrogen-bond acceptors (Lipinski definition) is 7. The Balaban J connectivity index is 1.41. The first-order valence-electron chi connectivity index (χ1n) is 11.4. The molecule has 1 saturated carbocycles. The maximum Gasteiger partial charge on any atom is 0.586 e. The van der Waals surface area contributed by atoms with Gasteiger partial charge in [-0.1, -0.05) is 18.2 Å². The number of phenolic OH excluding ortho intramolecular Hbond substituents is 1. The van der Waals surface area contributed by atoms with E-state index in [0.29, 0.717) is 40.6 Å². The number of benzene rings is 3. The molecule has 0 amide bonds. The van der Waals surface area contributed by atoms with Crippen LogP contribution in [0.1, 0.15) is 24.0 Å². The number of phenols is 1. The summed E-state index contributed by atoms with van der Waals surface area (Å²) in [7, 11) is 0. The lowest BCUT2D eigenvalue weighted by Gasteiger charge is -2.17. The Morgan fingerprint density at radius 2 is 1.84 bits per heavy atom. The molecule has 0 atom stereocenters. The van der Waals surface area contributed by atoms with Crippen molar-refractivity contribution in [1.82, 2.24) is 9.78 Å². The Morgan fingerprint density at radius 1 is 1.05 bits per heavy atom. The van der Waals surface area contributed by atoms with Crippen molar-refractivity contribution in [3.8, 4) is 34.6 Å². The van der Waals surface area contributed by atoms with E-state index in [1.807, 2.05) is 0 Å². The van der Waals surface area contributed by atoms with Gasteiger partial charge in [-0.05, 0) is 60.9 Å². The van der Waals surface area contributed by atoms with Crippen LogP contribution in [0.2, 0.25) is 0 Å². The van der Waals surface area contributed by atoms with Crippen LogP contribution in [0.15, 0.2) is 65.5 Å². The van der Waals surface area contributed by atoms with Crippen molar-refractivity contribution < 1.29 is 28.2 Å². The van der Waals surface area contributed by atoms with Gasteiger partial charge in [0.1, 0.15) is 12.3 Å². The second-order valence-electron chi connectivity index (χ2n) is 9.07. The lowest BCUT2D eigenvalue weighted by molar-refractivity contribution is -0.286. The number of ether oxygens (including phenoxy) is 2. The number of nitrogens with zero attached hydrogens (tertiary/aromatic N) is 3. The number of alkyl halides is 2. The van der Waals surface area contributed by atoms with Crippen molar-refractivity contribution in [2.24, 2.45) is 0 Å². The molecule has 0 spiro atoms. The van der Waals surface area contributed by atoms with Crippen LogP contribution in [-0.4, -0.2) is 27.0 Å². The van der Waals surface area contributed by atoms with E-state index < -0.39 is 17.3 Å². The fourth-order valence-corrected chi connectivity index (χ4v) is 4.72. The van der Waals surface area contributed by atoms with Crippen molar-refractivity contribution in [2.45, 2.75) is 31.1 Å². The van der Waals surface area contributed by atoms with Gasteiger partial charge in [0.05, 0.1) is 28.1 Å². The summed E-state index contributed by atoms with van der Waals surface area (Å²) >= 11 is 0. The molecule has 8 nitrogen and oxygen atoms in total. The van der Waals surface area contributed by atoms with E-state index in [1.54, 1.807) is 36.4 Å². The van der Waals surface area contributed by atoms with Crippen LogP contribution in [0.5, 0.6) is 17.2 Å². The molecule has 0 unspecified atom stereocenters. The molecule has 0 bridgehead atoms. The highest BCUT2D eigenvalue weighted by molar-refractivity contribution is 5.96. The zero-order valence-electron chi connectivity index (χ0n) is 19.1. The first-order valence-corrected chi connectivity index (χ1v) is 11.4. The number of halogens is 2. The smallest absolute Gasteiger partial charge is 0.508 e. The number of fused-ring (bicyclic) bond motifs is 2. The lowest BCUT2D eigenvalue weighted by Crippen LogP contribution is -2.32. The molecule has 2 aliphatic rings. The van der Waals surface area contributed by atoms with Crippen LogP contribution in [0.4, 0.5) is 8.78 Å². The van der Waals surface area contributed by atoms with E-state index in [1.165, 1.54) is 24.3 Å². The zero-order chi connectivity index (χ0) is 25.9. The van der Waals surface area contributed by atoms with E-state index >= 15 is 0 Å². The predicted octanol–water partition coefficient (Wildman–Crippen LogP) is 4.26. The number of ketones is 1. The summed E-state index contributed by atoms with van der Waals surface area (Å²) < 4.78 is 36.9. The minimum Gasteiger partial charge on any atom is -0.508 e. The van der Waals surface area contributed by atoms with Gasteiger partial charge in [0.25, 0.3) is 5.56 Å². The molecule has 1 aliphatic heterocycles. The molecule has 6 rings (SSSR count). The lowest BCUT2D eigenvalue weighted by atomic mass is 9.91. The molecule has 1 aliphatic carbocycles. The average Bonchev–Trinajstić information content (AvgIpc) is 3.63. The third-order valence-corrected chi connectivity index (χ3v) is 6.74. The van der Waals surface area contributed by atoms with Crippen molar-refractivity contribution in [2.75, 3.05) is 0 Å². The second kappa shape index (κ2) is 7.86. The van der Waals surface area contributed by atoms with E-state index in [2.05, 4.69) is 20.6 Å². The molecule has 4 aromatic rings. The van der Waals surface area contributed by atoms with Gasteiger partial charge < -0.3 is 14.6 Å². The Hall–Kier alpha value is -4.78. The van der Waals surface area contributed by atoms with Crippen molar-refractivity contribution >= 4 is 16.6 Å². The molecule has 2 heterocycles. The number of carbonyl (C=O) groups is 1. The van der Waals surface area contributed by atoms with Gasteiger partial charge in [-0.2, -0.15) is 10.4 Å². The normalized spacial score (nSPS) is 16.4. The number of hydrogen-bond donors (Lipinski definition) is 1. The monoisotopic (exact) mass is 501 g/mol. The number of carbonyl (C=O) groups excluding carboxylic acids is 1. The van der Waals surface area contributed by atoms with Crippen molar-refractivity contribution in [3.05, 3.63) is 82.1 Å². The fourth-order valence-electron chi connectivity index (χ4n) is 4.72. The molecule has 0 saturated heterocycles. The molecule has 184 valence electrons. The highest BCUT2D eigenvalue weighted by atomic mass is 19.3. The van der Waals surface area contributed by atoms with Crippen LogP contribution in [0.25, 0.3) is 22.0 Å². The van der Waals surface area contributed by atoms with E-state index in [9.17, 15) is 28.7 Å². The first-order chi connectivity index (χ1) is 17.7. The van der Waals surface area contributed by atoms with E-state index in [-0.39, 0.29) is 35.0 Å². The summed E-state index contributed by atoms with van der Waals surface area (Å²) in [6, 6.07) is 17.3. The molecular formula is C27H17F2N3O5. The molecule has 37 heavy (non-hydrogen) atoms. The Morgan fingerprint density at radius 3 is 2.59 bits per heavy atom. The molecule has 10 heteroatoms. The van der Waals surface area contributed by atoms with Crippen molar-refractivity contribution in [3.63, 3.8) is 0 Å². The molecular weight excluding hydrogens is 484 g/mol. The number of aromatic hydroxyl groups is 1. The third kappa shape index (κ3) is 3.76. The average molecular weight is 501 g/mol. The standard InChI is InChI=1S/C27H17F2N3O5/c28-27(29)36-21-7-4-17(11-22(21)37-27)26(8-9-26)23(34)14-32-25(35)20-12-18(33)5-6-19(20)24(31-32)16-3-1-2-15(10-16)13-30/h1-7,10-12,33H,8-9,14H2. The zero-order valence-corrected chi connectivity index (χ0v) is 19.1. The van der Waals surface area contributed by atoms with Gasteiger partial charge in [-0.25, -0.2) is 4.68 Å². The van der Waals surface area contributed by atoms with Crippen molar-refractivity contribution in [1.29, 1.82) is 5.26 Å². The van der Waals surface area contributed by atoms with Gasteiger partial charge in [-0.15, -0.1) is 8.78 Å². The van der Waals surface area contributed by atoms with Crippen LogP contribution in [0, 0.1) is 11.3 Å². The number of rotatable bonds is 5. The van der Waals surface area contributed by atoms with Crippen LogP contribution < -0.4 is 15.0 Å². The molecule has 0 radical (unpaired) electrons. The number of aromatic nitrogens is 2. The van der Waals surface area contributed by atoms with Crippen LogP contribution in [0.3, 0.4) is 0 Å². The quantitative estimate of drug-likeness (QED) is 0.435. The second-order valence-corrected chi connectivity index (χ2v) is 9.07. The van der Waals surface area contributed by atoms with Gasteiger partial charge in [0.15, 0.2) is 17.3 Å². The predicted molar refractivity (Wildman–Crippen MR) is 126 cm³/mol. The maximum atomic E-state index is 13.5. The molecule has 1 N–H and O–H groups in total. The van der Waals surface area contributed by atoms with Crippen LogP contribution >= 0.6 is 0 Å². The van der Waals surface area contributed by atoms with E-state index in [4.69, 9.17) is 0 Å². The molecule has 1 aromatic heterocycles. The highest BCUT2D eigenvalue weighted by Crippen LogP contribution is 2.52. The maximum absolute atomic E-state index is 13.5. The summed E-state index contributed by atoms with van der Waals surface area (Å²) in [5.41, 5.74) is 0.284. The largest absolute Gasteiger partial charge is 0.586 e. The summed E-state index contributed by atoms with van der Waals surface area (Å²) in [5.74, 6) is -0.712. The Kier molecular flexibility index (Phi) is 4.82. The molecule has 3 aromatic carbocycles. The number of nitriles is 1. The SMILES string of the molecule is N#Cc1cccc(-c2nn(CC(=O)C3(c4ccc5c(c4)OC(F)(F)O5)CC3)c(=O)c3cc(O)ccc23)c1. The summed E-state index contributed by atoms with van der Waals surface area (Å²) in [5, 5.41) is 24.4. The highest BCUT2D eigenvalue weighted by Gasteiger charge is 2.52. The Bertz CT molecular complexity index is 1720. The summed E-state index contributed by atoms with van der Waals surface area (Å²) in [6.45, 7) is -0.375. The minimum absolute atomic E-state index is 0.117. The first kappa shape index (κ1) is 22.7. The van der Waals surface area contributed by atoms with Gasteiger partial charge in [0, 0.05) is 10.9 Å². The third-order valence-electron chi connectivity index (χ3n) is 6.74. The summed E-state index contributed by atoms with van der Waals surface area (Å²) in [6.07, 6.45) is -2.82. The van der Waals surface area contributed by atoms with Gasteiger partial charge >= 0.3 is 6.29 Å². The minimum atomic E-state index is -3.77. The number of Topliss-reactive ketones (excluding diaryl/α,β-unsaturated/α-hetero) is 1. The summed E-state index contributed by atoms with van der Waals surface area (Å²) in [4.78, 5) is 26.8. The fraction of sp³-hybridized carbons (Fsp3) is 0.185.